The SMILES string of the molecule is CC1CNCCN1C(=O)C(C)(F)F. The molecule has 1 aliphatic heterocycles. The first-order valence-electron chi connectivity index (χ1n) is 4.32. The molecule has 0 bridgehead atoms. The molecule has 0 saturated carbocycles. The maximum absolute atomic E-state index is 12.7. The van der Waals surface area contributed by atoms with Gasteiger partial charge in [0.25, 0.3) is 5.91 Å². The van der Waals surface area contributed by atoms with E-state index in [9.17, 15) is 13.6 Å². The molecule has 1 aliphatic rings. The van der Waals surface area contributed by atoms with Crippen LogP contribution in [0.4, 0.5) is 8.78 Å². The summed E-state index contributed by atoms with van der Waals surface area (Å²) in [5, 5.41) is 3.03. The van der Waals surface area contributed by atoms with Crippen LogP contribution in [0.15, 0.2) is 0 Å². The molecule has 1 fully saturated rings. The Bertz CT molecular complexity index is 203. The van der Waals surface area contributed by atoms with E-state index < -0.39 is 11.8 Å². The Balaban J connectivity index is 2.64. The molecule has 5 heteroatoms. The molecule has 1 heterocycles. The van der Waals surface area contributed by atoms with Gasteiger partial charge in [0.2, 0.25) is 0 Å². The summed E-state index contributed by atoms with van der Waals surface area (Å²) in [5.74, 6) is -4.31. The van der Waals surface area contributed by atoms with Crippen LogP contribution in [-0.2, 0) is 4.79 Å². The number of rotatable bonds is 1. The first kappa shape index (κ1) is 10.4. The predicted octanol–water partition coefficient (Wildman–Crippen LogP) is 0.462. The molecule has 1 saturated heterocycles. The number of amides is 1. The van der Waals surface area contributed by atoms with Gasteiger partial charge in [-0.25, -0.2) is 0 Å². The van der Waals surface area contributed by atoms with E-state index >= 15 is 0 Å². The number of halogens is 2. The van der Waals surface area contributed by atoms with Gasteiger partial charge in [-0.2, -0.15) is 8.78 Å². The van der Waals surface area contributed by atoms with Gasteiger partial charge in [-0.3, -0.25) is 4.79 Å². The van der Waals surface area contributed by atoms with Gasteiger partial charge in [0.15, 0.2) is 0 Å². The molecule has 0 radical (unpaired) electrons. The third kappa shape index (κ3) is 2.37. The maximum atomic E-state index is 12.7. The maximum Gasteiger partial charge on any atom is 0.322 e. The van der Waals surface area contributed by atoms with Crippen LogP contribution in [0, 0.1) is 0 Å². The summed E-state index contributed by atoms with van der Waals surface area (Å²) in [5.41, 5.74) is 0. The molecule has 0 aliphatic carbocycles. The van der Waals surface area contributed by atoms with Crippen LogP contribution in [-0.4, -0.2) is 42.4 Å². The van der Waals surface area contributed by atoms with E-state index in [1.54, 1.807) is 6.92 Å². The molecule has 1 N–H and O–H groups in total. The van der Waals surface area contributed by atoms with Crippen LogP contribution in [0.2, 0.25) is 0 Å². The molecule has 1 atom stereocenters. The van der Waals surface area contributed by atoms with Crippen LogP contribution in [0.25, 0.3) is 0 Å². The van der Waals surface area contributed by atoms with Crippen molar-refractivity contribution in [2.75, 3.05) is 19.6 Å². The van der Waals surface area contributed by atoms with Crippen molar-refractivity contribution in [3.63, 3.8) is 0 Å². The second-order valence-electron chi connectivity index (χ2n) is 3.44. The predicted molar refractivity (Wildman–Crippen MR) is 44.7 cm³/mol. The molecule has 3 nitrogen and oxygen atoms in total. The molecule has 1 amide bonds. The molecule has 13 heavy (non-hydrogen) atoms. The number of alkyl halides is 2. The molecule has 76 valence electrons. The van der Waals surface area contributed by atoms with Crippen molar-refractivity contribution in [2.24, 2.45) is 0 Å². The van der Waals surface area contributed by atoms with E-state index in [2.05, 4.69) is 5.32 Å². The third-order valence-corrected chi connectivity index (χ3v) is 2.14. The zero-order chi connectivity index (χ0) is 10.1. The van der Waals surface area contributed by atoms with Gasteiger partial charge in [-0.1, -0.05) is 0 Å². The lowest BCUT2D eigenvalue weighted by Crippen LogP contribution is -2.55. The molecule has 1 unspecified atom stereocenters. The third-order valence-electron chi connectivity index (χ3n) is 2.14. The average Bonchev–Trinajstić information content (AvgIpc) is 2.02. The van der Waals surface area contributed by atoms with Crippen LogP contribution >= 0.6 is 0 Å². The summed E-state index contributed by atoms with van der Waals surface area (Å²) in [4.78, 5) is 12.4. The summed E-state index contributed by atoms with van der Waals surface area (Å²) in [6.45, 7) is 3.94. The van der Waals surface area contributed by atoms with E-state index in [1.807, 2.05) is 0 Å². The van der Waals surface area contributed by atoms with Gasteiger partial charge in [-0.15, -0.1) is 0 Å². The zero-order valence-electron chi connectivity index (χ0n) is 7.81. The first-order chi connectivity index (χ1) is 5.93. The minimum atomic E-state index is -3.24. The van der Waals surface area contributed by atoms with Crippen molar-refractivity contribution in [1.82, 2.24) is 10.2 Å². The summed E-state index contributed by atoms with van der Waals surface area (Å²) in [6.07, 6.45) is 0. The number of hydrogen-bond acceptors (Lipinski definition) is 2. The Morgan fingerprint density at radius 3 is 2.69 bits per heavy atom. The summed E-state index contributed by atoms with van der Waals surface area (Å²) in [7, 11) is 0. The van der Waals surface area contributed by atoms with Gasteiger partial charge in [0.1, 0.15) is 0 Å². The van der Waals surface area contributed by atoms with Gasteiger partial charge in [0, 0.05) is 32.6 Å². The van der Waals surface area contributed by atoms with Gasteiger partial charge >= 0.3 is 5.92 Å². The second kappa shape index (κ2) is 3.57. The van der Waals surface area contributed by atoms with Gasteiger partial charge in [-0.05, 0) is 6.92 Å². The standard InChI is InChI=1S/C8H14F2N2O/c1-6-5-11-3-4-12(6)7(13)8(2,9)10/h6,11H,3-5H2,1-2H3. The number of carbonyl (C=O) groups excluding carboxylic acids is 1. The van der Waals surface area contributed by atoms with Gasteiger partial charge < -0.3 is 10.2 Å². The fourth-order valence-electron chi connectivity index (χ4n) is 1.39. The van der Waals surface area contributed by atoms with Crippen molar-refractivity contribution < 1.29 is 13.6 Å². The lowest BCUT2D eigenvalue weighted by Gasteiger charge is -2.35. The molecular weight excluding hydrogens is 178 g/mol. The Kier molecular flexibility index (Phi) is 2.85. The number of carbonyl (C=O) groups is 1. The smallest absolute Gasteiger partial charge is 0.322 e. The lowest BCUT2D eigenvalue weighted by atomic mass is 10.2. The fraction of sp³-hybridized carbons (Fsp3) is 0.875. The Labute approximate surface area is 76.1 Å². The van der Waals surface area contributed by atoms with Crippen molar-refractivity contribution >= 4 is 5.91 Å². The van der Waals surface area contributed by atoms with Crippen LogP contribution in [0.1, 0.15) is 13.8 Å². The number of hydrogen-bond donors (Lipinski definition) is 1. The minimum Gasteiger partial charge on any atom is -0.332 e. The number of piperazine rings is 1. The van der Waals surface area contributed by atoms with E-state index in [4.69, 9.17) is 0 Å². The Hall–Kier alpha value is -0.710. The highest BCUT2D eigenvalue weighted by Crippen LogP contribution is 2.18. The van der Waals surface area contributed by atoms with Crippen molar-refractivity contribution in [3.05, 3.63) is 0 Å². The van der Waals surface area contributed by atoms with Gasteiger partial charge in [0.05, 0.1) is 0 Å². The number of nitrogens with zero attached hydrogens (tertiary/aromatic N) is 1. The second-order valence-corrected chi connectivity index (χ2v) is 3.44. The molecule has 0 aromatic carbocycles. The normalized spacial score (nSPS) is 24.6. The summed E-state index contributed by atoms with van der Waals surface area (Å²) >= 11 is 0. The monoisotopic (exact) mass is 192 g/mol. The number of nitrogens with one attached hydrogen (secondary N) is 1. The zero-order valence-corrected chi connectivity index (χ0v) is 7.81. The lowest BCUT2D eigenvalue weighted by molar-refractivity contribution is -0.157. The largest absolute Gasteiger partial charge is 0.332 e. The topological polar surface area (TPSA) is 32.3 Å². The van der Waals surface area contributed by atoms with Crippen LogP contribution in [0.3, 0.4) is 0 Å². The van der Waals surface area contributed by atoms with Crippen LogP contribution in [0.5, 0.6) is 0 Å². The molecule has 0 aromatic rings. The quantitative estimate of drug-likeness (QED) is 0.654. The van der Waals surface area contributed by atoms with E-state index in [0.717, 1.165) is 0 Å². The molecule has 0 spiro atoms. The van der Waals surface area contributed by atoms with E-state index in [1.165, 1.54) is 4.90 Å². The minimum absolute atomic E-state index is 0.146. The first-order valence-corrected chi connectivity index (χ1v) is 4.32. The highest BCUT2D eigenvalue weighted by molar-refractivity contribution is 5.83. The Morgan fingerprint density at radius 1 is 1.62 bits per heavy atom. The van der Waals surface area contributed by atoms with Crippen molar-refractivity contribution in [2.45, 2.75) is 25.8 Å². The molecule has 0 aromatic heterocycles. The summed E-state index contributed by atoms with van der Waals surface area (Å²) < 4.78 is 25.3. The molecular formula is C8H14F2N2O. The van der Waals surface area contributed by atoms with Crippen LogP contribution < -0.4 is 5.32 Å². The highest BCUT2D eigenvalue weighted by Gasteiger charge is 2.38. The highest BCUT2D eigenvalue weighted by atomic mass is 19.3. The average molecular weight is 192 g/mol. The van der Waals surface area contributed by atoms with Crippen molar-refractivity contribution in [1.29, 1.82) is 0 Å². The fourth-order valence-corrected chi connectivity index (χ4v) is 1.39. The van der Waals surface area contributed by atoms with E-state index in [-0.39, 0.29) is 6.04 Å². The Morgan fingerprint density at radius 2 is 2.23 bits per heavy atom. The molecule has 1 rings (SSSR count). The van der Waals surface area contributed by atoms with Crippen molar-refractivity contribution in [3.8, 4) is 0 Å². The summed E-state index contributed by atoms with van der Waals surface area (Å²) in [6, 6.07) is -0.146. The van der Waals surface area contributed by atoms with E-state index in [0.29, 0.717) is 26.6 Å².